The van der Waals surface area contributed by atoms with E-state index in [4.69, 9.17) is 9.47 Å². The average Bonchev–Trinajstić information content (AvgIpc) is 3.13. The van der Waals surface area contributed by atoms with Crippen LogP contribution >= 0.6 is 0 Å². The number of aliphatic hydroxyl groups excluding tert-OH is 2. The van der Waals surface area contributed by atoms with Crippen molar-refractivity contribution in [3.8, 4) is 0 Å². The Balaban J connectivity index is 2.37. The van der Waals surface area contributed by atoms with Crippen LogP contribution in [0.5, 0.6) is 0 Å². The minimum absolute atomic E-state index is 0.325. The van der Waals surface area contributed by atoms with Gasteiger partial charge < -0.3 is 19.7 Å². The maximum atomic E-state index is 12.5. The van der Waals surface area contributed by atoms with Crippen LogP contribution in [0.15, 0.2) is 0 Å². The van der Waals surface area contributed by atoms with Gasteiger partial charge in [0.1, 0.15) is 6.10 Å². The molecule has 36 heavy (non-hydrogen) atoms. The van der Waals surface area contributed by atoms with E-state index in [1.54, 1.807) is 0 Å². The number of rotatable bonds is 25. The highest BCUT2D eigenvalue weighted by molar-refractivity contribution is 6.37. The topological polar surface area (TPSA) is 93.1 Å². The number of aliphatic hydroxyl groups is 2. The molecule has 0 aromatic rings. The van der Waals surface area contributed by atoms with Crippen molar-refractivity contribution in [3.63, 3.8) is 0 Å². The predicted molar refractivity (Wildman–Crippen MR) is 145 cm³/mol. The molecular weight excluding hydrogens is 456 g/mol. The highest BCUT2D eigenvalue weighted by atomic mass is 16.6. The van der Waals surface area contributed by atoms with Gasteiger partial charge in [0, 0.05) is 6.61 Å². The molecular formula is C30H56O6. The lowest BCUT2D eigenvalue weighted by atomic mass is 9.84. The number of ether oxygens (including phenoxy) is 2. The van der Waals surface area contributed by atoms with E-state index in [2.05, 4.69) is 13.8 Å². The molecule has 6 nitrogen and oxygen atoms in total. The molecule has 1 saturated heterocycles. The lowest BCUT2D eigenvalue weighted by molar-refractivity contribution is -0.180. The van der Waals surface area contributed by atoms with Crippen molar-refractivity contribution in [2.75, 3.05) is 13.2 Å². The number of esters is 1. The Hall–Kier alpha value is -0.980. The van der Waals surface area contributed by atoms with E-state index in [9.17, 15) is 19.8 Å². The monoisotopic (exact) mass is 512 g/mol. The molecule has 0 amide bonds. The second-order valence-corrected chi connectivity index (χ2v) is 10.8. The van der Waals surface area contributed by atoms with Crippen LogP contribution in [0.2, 0.25) is 0 Å². The fraction of sp³-hybridized carbons (Fsp3) is 0.933. The normalized spacial score (nSPS) is 20.7. The van der Waals surface area contributed by atoms with Gasteiger partial charge in [0.2, 0.25) is 0 Å². The van der Waals surface area contributed by atoms with Crippen molar-refractivity contribution in [2.45, 2.75) is 166 Å². The number of Topliss-reactive ketones (excluding diaryl/α,β-unsaturated/α-hetero) is 1. The van der Waals surface area contributed by atoms with Crippen molar-refractivity contribution in [2.24, 2.45) is 0 Å². The maximum Gasteiger partial charge on any atom is 0.378 e. The quantitative estimate of drug-likeness (QED) is 0.0792. The average molecular weight is 513 g/mol. The molecule has 0 spiro atoms. The molecule has 2 N–H and O–H groups in total. The third-order valence-corrected chi connectivity index (χ3v) is 7.61. The first-order valence-electron chi connectivity index (χ1n) is 15.2. The van der Waals surface area contributed by atoms with E-state index in [-0.39, 0.29) is 0 Å². The van der Waals surface area contributed by atoms with Crippen LogP contribution in [0.25, 0.3) is 0 Å². The Kier molecular flexibility index (Phi) is 19.3. The van der Waals surface area contributed by atoms with Crippen molar-refractivity contribution in [1.29, 1.82) is 0 Å². The van der Waals surface area contributed by atoms with Crippen LogP contribution in [0.4, 0.5) is 0 Å². The summed E-state index contributed by atoms with van der Waals surface area (Å²) < 4.78 is 11.3. The summed E-state index contributed by atoms with van der Waals surface area (Å²) in [6, 6.07) is 0. The van der Waals surface area contributed by atoms with Crippen molar-refractivity contribution < 1.29 is 29.3 Å². The first-order chi connectivity index (χ1) is 17.5. The predicted octanol–water partition coefficient (Wildman–Crippen LogP) is 6.82. The lowest BCUT2D eigenvalue weighted by Crippen LogP contribution is -2.54. The summed E-state index contributed by atoms with van der Waals surface area (Å²) in [7, 11) is 0. The minimum atomic E-state index is -1.47. The van der Waals surface area contributed by atoms with E-state index in [1.165, 1.54) is 89.9 Å². The minimum Gasteiger partial charge on any atom is -0.447 e. The largest absolute Gasteiger partial charge is 0.447 e. The van der Waals surface area contributed by atoms with Gasteiger partial charge in [-0.25, -0.2) is 4.79 Å². The molecule has 0 bridgehead atoms. The van der Waals surface area contributed by atoms with Gasteiger partial charge in [-0.15, -0.1) is 0 Å². The highest BCUT2D eigenvalue weighted by Gasteiger charge is 2.59. The van der Waals surface area contributed by atoms with Gasteiger partial charge in [0.15, 0.2) is 11.7 Å². The van der Waals surface area contributed by atoms with E-state index in [0.29, 0.717) is 19.4 Å². The molecule has 1 heterocycles. The standard InChI is InChI=1S/C30H56O6/c1-3-5-7-9-11-13-15-17-19-21-23-30(26(32)25-31)28(27(33)29(34)36-30)35-24-22-20-18-16-14-12-10-8-6-4-2/h26,28,31-32H,3-25H2,1-2H3/t26-,28?,30+/m0/s1. The second-order valence-electron chi connectivity index (χ2n) is 10.8. The molecule has 212 valence electrons. The summed E-state index contributed by atoms with van der Waals surface area (Å²) in [5.74, 6) is -1.69. The maximum absolute atomic E-state index is 12.5. The van der Waals surface area contributed by atoms with Gasteiger partial charge >= 0.3 is 5.97 Å². The van der Waals surface area contributed by atoms with Crippen LogP contribution in [-0.4, -0.2) is 53.0 Å². The molecule has 6 heteroatoms. The van der Waals surface area contributed by atoms with E-state index in [0.717, 1.165) is 32.1 Å². The molecule has 0 aromatic carbocycles. The van der Waals surface area contributed by atoms with Crippen molar-refractivity contribution in [3.05, 3.63) is 0 Å². The summed E-state index contributed by atoms with van der Waals surface area (Å²) in [6.07, 6.45) is 21.4. The van der Waals surface area contributed by atoms with Crippen LogP contribution in [0.3, 0.4) is 0 Å². The summed E-state index contributed by atoms with van der Waals surface area (Å²) in [5, 5.41) is 20.2. The van der Waals surface area contributed by atoms with Gasteiger partial charge in [-0.2, -0.15) is 0 Å². The molecule has 0 saturated carbocycles. The van der Waals surface area contributed by atoms with Crippen molar-refractivity contribution >= 4 is 11.8 Å². The van der Waals surface area contributed by atoms with Crippen LogP contribution in [-0.2, 0) is 19.1 Å². The third-order valence-electron chi connectivity index (χ3n) is 7.61. The van der Waals surface area contributed by atoms with Gasteiger partial charge in [-0.1, -0.05) is 129 Å². The number of hydrogen-bond donors (Lipinski definition) is 2. The Morgan fingerprint density at radius 2 is 1.14 bits per heavy atom. The van der Waals surface area contributed by atoms with Gasteiger partial charge in [0.25, 0.3) is 5.78 Å². The zero-order valence-corrected chi connectivity index (χ0v) is 23.4. The Morgan fingerprint density at radius 3 is 1.58 bits per heavy atom. The van der Waals surface area contributed by atoms with Crippen LogP contribution in [0.1, 0.15) is 149 Å². The Bertz CT molecular complexity index is 566. The van der Waals surface area contributed by atoms with E-state index < -0.39 is 36.2 Å². The third kappa shape index (κ3) is 12.5. The number of ketones is 1. The van der Waals surface area contributed by atoms with Crippen LogP contribution in [0, 0.1) is 0 Å². The molecule has 3 atom stereocenters. The molecule has 1 rings (SSSR count). The van der Waals surface area contributed by atoms with E-state index >= 15 is 0 Å². The number of cyclic esters (lactones) is 1. The number of carbonyl (C=O) groups is 2. The SMILES string of the molecule is CCCCCCCCCCCCOC1C(=O)C(=O)O[C@]1(CCCCCCCCCCCC)[C@@H](O)CO. The van der Waals surface area contributed by atoms with Gasteiger partial charge in [-0.3, -0.25) is 4.79 Å². The fourth-order valence-electron chi connectivity index (χ4n) is 5.25. The fourth-order valence-corrected chi connectivity index (χ4v) is 5.25. The number of carbonyl (C=O) groups excluding carboxylic acids is 2. The molecule has 1 aliphatic heterocycles. The first-order valence-corrected chi connectivity index (χ1v) is 15.2. The molecule has 1 aliphatic rings. The highest BCUT2D eigenvalue weighted by Crippen LogP contribution is 2.36. The molecule has 0 aliphatic carbocycles. The number of unbranched alkanes of at least 4 members (excludes halogenated alkanes) is 18. The zero-order chi connectivity index (χ0) is 26.5. The molecule has 1 unspecified atom stereocenters. The Labute approximate surface area is 220 Å². The summed E-state index contributed by atoms with van der Waals surface area (Å²) in [5.41, 5.74) is -1.47. The van der Waals surface area contributed by atoms with Crippen LogP contribution < -0.4 is 0 Å². The second kappa shape index (κ2) is 21.0. The van der Waals surface area contributed by atoms with E-state index in [1.807, 2.05) is 0 Å². The zero-order valence-electron chi connectivity index (χ0n) is 23.4. The first kappa shape index (κ1) is 33.0. The summed E-state index contributed by atoms with van der Waals surface area (Å²) >= 11 is 0. The molecule has 0 aromatic heterocycles. The molecule has 0 radical (unpaired) electrons. The smallest absolute Gasteiger partial charge is 0.378 e. The Morgan fingerprint density at radius 1 is 0.722 bits per heavy atom. The lowest BCUT2D eigenvalue weighted by Gasteiger charge is -2.35. The van der Waals surface area contributed by atoms with Crippen molar-refractivity contribution in [1.82, 2.24) is 0 Å². The molecule has 1 fully saturated rings. The number of hydrogen-bond acceptors (Lipinski definition) is 6. The summed E-state index contributed by atoms with van der Waals surface area (Å²) in [6.45, 7) is 4.23. The summed E-state index contributed by atoms with van der Waals surface area (Å²) in [4.78, 5) is 24.7. The van der Waals surface area contributed by atoms with Gasteiger partial charge in [-0.05, 0) is 19.3 Å². The van der Waals surface area contributed by atoms with Gasteiger partial charge in [0.05, 0.1) is 6.61 Å².